The van der Waals surface area contributed by atoms with Gasteiger partial charge in [0.15, 0.2) is 23.2 Å². The maximum absolute atomic E-state index is 13.5. The standard InChI is InChI=1S/C24H27N5O6S3.C23H28N6O6S3.CH3I.CH2O3.2K.H/c1-6-37(32,33)28(5)15-9-10-16-18(14-15)38(34,35)27-22(25-16)19-21(30)20(17-8-7-13-36-17)26-29(23(19)31)12-11-24(2,3)4;1-23(2,3)8-10-29-22(31)18(20(30)19(26-29)16-5-4-11-36-16)21-25-15-7-6-14(27-37(32,33)12-9-24)13-17(15)38(34,35)28-21;1-2;2-1-4-3;;;/h6-10,13-14,30H,1,11-12H2,2-5H3,(H,25,27);4-7,11,13,27,30H,8-10,12,24H2,1-3H3,(H,25,28);1H3;1,3H;;;/q;;;;2*+1;-1/p-1. The Kier molecular flexibility index (Phi) is 27.8. The van der Waals surface area contributed by atoms with Gasteiger partial charge in [-0.3, -0.25) is 23.4 Å². The molecule has 0 fully saturated rings. The van der Waals surface area contributed by atoms with E-state index < -0.39 is 62.7 Å². The molecule has 0 spiro atoms. The number of aromatic nitrogens is 4. The van der Waals surface area contributed by atoms with Gasteiger partial charge in [-0.05, 0) is 87.9 Å². The second kappa shape index (κ2) is 31.2. The number of rotatable bonds is 16. The number of fused-ring (bicyclic) bond motifs is 2. The largest absolute Gasteiger partial charge is 1.00 e. The van der Waals surface area contributed by atoms with Crippen molar-refractivity contribution < 1.29 is 163 Å². The van der Waals surface area contributed by atoms with Crippen molar-refractivity contribution in [2.75, 3.05) is 43.9 Å². The summed E-state index contributed by atoms with van der Waals surface area (Å²) in [6.45, 7) is 15.5. The number of nitrogens with zero attached hydrogens (tertiary/aromatic N) is 7. The molecular formula is C49H60IK2N11O15S6. The number of carbonyl (C=O) groups is 1. The summed E-state index contributed by atoms with van der Waals surface area (Å²) in [5, 5.41) is 49.4. The first-order valence-corrected chi connectivity index (χ1v) is 33.9. The van der Waals surface area contributed by atoms with Crippen LogP contribution in [0.3, 0.4) is 0 Å². The van der Waals surface area contributed by atoms with Crippen molar-refractivity contribution in [3.63, 3.8) is 0 Å². The molecule has 0 amide bonds. The van der Waals surface area contributed by atoms with Gasteiger partial charge in [-0.15, -0.1) is 31.5 Å². The van der Waals surface area contributed by atoms with Gasteiger partial charge >= 0.3 is 103 Å². The minimum Gasteiger partial charge on any atom is -1.00 e. The Morgan fingerprint density at radius 2 is 1.20 bits per heavy atom. The number of halogens is 1. The van der Waals surface area contributed by atoms with Crippen LogP contribution < -0.4 is 145 Å². The molecule has 0 atom stereocenters. The molecule has 2 aromatic carbocycles. The molecule has 8 rings (SSSR count). The second-order valence-electron chi connectivity index (χ2n) is 19.8. The maximum Gasteiger partial charge on any atom is 1.00 e. The first kappa shape index (κ1) is 74.9. The topological polar surface area (TPSA) is 386 Å². The van der Waals surface area contributed by atoms with E-state index in [0.29, 0.717) is 22.6 Å². The molecule has 6 heterocycles. The number of sulfonamides is 4. The number of benzene rings is 2. The number of nitrogens with one attached hydrogen (secondary N) is 3. The van der Waals surface area contributed by atoms with Gasteiger partial charge in [0.2, 0.25) is 10.0 Å². The average molecular weight is 1440 g/mol. The molecule has 0 saturated carbocycles. The zero-order valence-corrected chi connectivity index (χ0v) is 60.6. The number of alkyl halides is 1. The Bertz CT molecular complexity index is 4010. The van der Waals surface area contributed by atoms with Crippen LogP contribution in [-0.4, -0.2) is 106 Å². The number of carbonyl (C=O) groups excluding carboxylic acids is 1. The van der Waals surface area contributed by atoms with Gasteiger partial charge in [0.05, 0.1) is 32.6 Å². The Balaban J connectivity index is 0.000000514. The van der Waals surface area contributed by atoms with E-state index in [1.165, 1.54) is 63.4 Å². The minimum atomic E-state index is -4.40. The van der Waals surface area contributed by atoms with Crippen molar-refractivity contribution >= 4 is 126 Å². The van der Waals surface area contributed by atoms with Crippen LogP contribution in [0.25, 0.3) is 21.1 Å². The predicted molar refractivity (Wildman–Crippen MR) is 325 cm³/mol. The molecule has 0 unspecified atom stereocenters. The second-order valence-corrected chi connectivity index (χ2v) is 28.6. The van der Waals surface area contributed by atoms with Crippen LogP contribution in [0.2, 0.25) is 0 Å². The van der Waals surface area contributed by atoms with Crippen LogP contribution in [0.1, 0.15) is 66.9 Å². The van der Waals surface area contributed by atoms with Crippen molar-refractivity contribution in [1.29, 1.82) is 0 Å². The van der Waals surface area contributed by atoms with E-state index in [4.69, 9.17) is 15.8 Å². The van der Waals surface area contributed by atoms with Crippen LogP contribution in [0.15, 0.2) is 112 Å². The fourth-order valence-electron chi connectivity index (χ4n) is 7.32. The first-order valence-electron chi connectivity index (χ1n) is 24.0. The number of hydrogen-bond donors (Lipinski definition) is 6. The van der Waals surface area contributed by atoms with Gasteiger partial charge in [-0.2, -0.15) is 27.0 Å². The van der Waals surface area contributed by atoms with E-state index in [9.17, 15) is 53.5 Å². The van der Waals surface area contributed by atoms with E-state index in [0.717, 1.165) is 21.8 Å². The molecule has 0 bridgehead atoms. The van der Waals surface area contributed by atoms with Crippen LogP contribution >= 0.6 is 45.3 Å². The molecular weight excluding hydrogens is 1380 g/mol. The summed E-state index contributed by atoms with van der Waals surface area (Å²) in [6.07, 6.45) is 1.19. The van der Waals surface area contributed by atoms with E-state index in [1.807, 2.05) is 46.5 Å². The molecule has 446 valence electrons. The number of aryl methyl sites for hydroxylation is 2. The summed E-state index contributed by atoms with van der Waals surface area (Å²) in [7, 11) is -15.2. The molecule has 35 heteroatoms. The number of amidine groups is 2. The van der Waals surface area contributed by atoms with Crippen LogP contribution in [-0.2, 0) is 62.9 Å². The van der Waals surface area contributed by atoms with Crippen molar-refractivity contribution in [2.45, 2.75) is 77.3 Å². The fraction of sp³-hybridized carbons (Fsp3) is 0.327. The minimum absolute atomic E-state index is 0. The molecule has 0 saturated heterocycles. The summed E-state index contributed by atoms with van der Waals surface area (Å²) in [6, 6.07) is 14.7. The zero-order chi connectivity index (χ0) is 61.3. The normalized spacial score (nSPS) is 13.8. The molecule has 4 aromatic heterocycles. The Hall–Kier alpha value is -3.33. The number of aromatic hydroxyl groups is 2. The van der Waals surface area contributed by atoms with Crippen LogP contribution in [0, 0.1) is 10.8 Å². The van der Waals surface area contributed by atoms with Crippen LogP contribution in [0.5, 0.6) is 11.5 Å². The first-order chi connectivity index (χ1) is 38.3. The Morgan fingerprint density at radius 1 is 0.786 bits per heavy atom. The fourth-order valence-corrected chi connectivity index (χ4v) is 12.6. The van der Waals surface area contributed by atoms with Crippen molar-refractivity contribution in [1.82, 2.24) is 19.6 Å². The number of hydrogen-bond acceptors (Lipinski definition) is 22. The zero-order valence-electron chi connectivity index (χ0n) is 48.3. The monoisotopic (exact) mass is 1440 g/mol. The average Bonchev–Trinajstić information content (AvgIpc) is 3.82. The summed E-state index contributed by atoms with van der Waals surface area (Å²) in [4.78, 5) is 40.8. The number of thiophene rings is 2. The van der Waals surface area contributed by atoms with Gasteiger partial charge in [-0.25, -0.2) is 26.2 Å². The molecule has 0 aliphatic carbocycles. The van der Waals surface area contributed by atoms with Gasteiger partial charge in [0.25, 0.3) is 47.7 Å². The summed E-state index contributed by atoms with van der Waals surface area (Å²) in [5.74, 6) is -2.05. The van der Waals surface area contributed by atoms with E-state index in [-0.39, 0.29) is 214 Å². The molecule has 84 heavy (non-hydrogen) atoms. The summed E-state index contributed by atoms with van der Waals surface area (Å²) in [5.41, 5.74) is 3.47. The van der Waals surface area contributed by atoms with Crippen LogP contribution in [0.4, 0.5) is 22.7 Å². The third-order valence-corrected chi connectivity index (χ3v) is 18.6. The maximum atomic E-state index is 13.5. The SMILES string of the molecule is C=CS(=O)(=O)N(C)c1ccc2c(c1)S(=O)(=O)N=C(c1c(O)c(-c3cccs3)nn(CCC(C)(C)C)c1=O)N2.CC(C)(C)CCn1nc(-c2cccs2)c(O)c(C2=NS(=O)(=O)c3cc(NS(=O)(=O)CCN)ccc3N2)c1=O.CI.O=CO[O-].[H-].[K+].[K+]. The third-order valence-electron chi connectivity index (χ3n) is 11.5. The molecule has 6 aromatic rings. The van der Waals surface area contributed by atoms with Gasteiger partial charge in [-0.1, -0.05) is 82.8 Å². The van der Waals surface area contributed by atoms with Crippen molar-refractivity contribution in [2.24, 2.45) is 25.4 Å². The molecule has 26 nitrogen and oxygen atoms in total. The number of nitrogens with two attached hydrogens (primary N) is 1. The van der Waals surface area contributed by atoms with E-state index in [2.05, 4.69) is 68.4 Å². The third kappa shape index (κ3) is 19.1. The van der Waals surface area contributed by atoms with Crippen molar-refractivity contribution in [3.8, 4) is 32.6 Å². The number of anilines is 4. The Labute approximate surface area is 594 Å². The Morgan fingerprint density at radius 3 is 1.57 bits per heavy atom. The van der Waals surface area contributed by atoms with Gasteiger partial charge in [0.1, 0.15) is 32.3 Å². The van der Waals surface area contributed by atoms with Gasteiger partial charge < -0.3 is 38.2 Å². The summed E-state index contributed by atoms with van der Waals surface area (Å²) >= 11 is 4.75. The predicted octanol–water partition coefficient (Wildman–Crippen LogP) is -0.434. The van der Waals surface area contributed by atoms with Gasteiger partial charge in [0, 0.05) is 37.8 Å². The molecule has 7 N–H and O–H groups in total. The molecule has 2 aliphatic heterocycles. The van der Waals surface area contributed by atoms with E-state index in [1.54, 1.807) is 35.0 Å². The smallest absolute Gasteiger partial charge is 1.00 e. The van der Waals surface area contributed by atoms with E-state index >= 15 is 0 Å². The quantitative estimate of drug-likeness (QED) is 0.0179. The molecule has 2 aliphatic rings. The summed E-state index contributed by atoms with van der Waals surface area (Å²) < 4.78 is 114. The molecule has 0 radical (unpaired) electrons. The van der Waals surface area contributed by atoms with Crippen molar-refractivity contribution in [3.05, 3.63) is 115 Å².